The highest BCUT2D eigenvalue weighted by Crippen LogP contribution is 2.07. The Morgan fingerprint density at radius 1 is 1.69 bits per heavy atom. The number of guanidine groups is 1. The van der Waals surface area contributed by atoms with Crippen LogP contribution >= 0.6 is 0 Å². The van der Waals surface area contributed by atoms with E-state index >= 15 is 0 Å². The van der Waals surface area contributed by atoms with Crippen molar-refractivity contribution in [1.29, 1.82) is 0 Å². The first-order chi connectivity index (χ1) is 6.29. The Labute approximate surface area is 79.3 Å². The minimum Gasteiger partial charge on any atom is -0.377 e. The van der Waals surface area contributed by atoms with E-state index in [1.807, 2.05) is 6.92 Å². The lowest BCUT2D eigenvalue weighted by Crippen LogP contribution is -2.46. The lowest BCUT2D eigenvalue weighted by molar-refractivity contribution is 0.0326. The van der Waals surface area contributed by atoms with Crippen LogP contribution in [-0.4, -0.2) is 49.9 Å². The van der Waals surface area contributed by atoms with Crippen molar-refractivity contribution in [3.8, 4) is 0 Å². The highest BCUT2D eigenvalue weighted by Gasteiger charge is 2.20. The minimum atomic E-state index is 0.351. The molecule has 0 amide bonds. The Kier molecular flexibility index (Phi) is 3.89. The molecule has 0 unspecified atom stereocenters. The van der Waals surface area contributed by atoms with E-state index in [0.29, 0.717) is 6.04 Å². The summed E-state index contributed by atoms with van der Waals surface area (Å²) < 4.78 is 5.33. The Morgan fingerprint density at radius 2 is 2.46 bits per heavy atom. The Morgan fingerprint density at radius 3 is 3.00 bits per heavy atom. The molecule has 0 spiro atoms. The average Bonchev–Trinajstić information content (AvgIpc) is 2.16. The first-order valence-corrected chi connectivity index (χ1v) is 4.65. The number of hydrogen-bond acceptors (Lipinski definition) is 2. The SMILES string of the molecule is C=N/C(=N\CC)N1CCOC[C@H]1C. The summed E-state index contributed by atoms with van der Waals surface area (Å²) in [5, 5.41) is 0. The van der Waals surface area contributed by atoms with Crippen LogP contribution in [0, 0.1) is 0 Å². The number of nitrogens with zero attached hydrogens (tertiary/aromatic N) is 3. The molecular weight excluding hydrogens is 166 g/mol. The molecule has 0 aromatic heterocycles. The predicted molar refractivity (Wildman–Crippen MR) is 54.5 cm³/mol. The maximum atomic E-state index is 5.33. The van der Waals surface area contributed by atoms with Crippen molar-refractivity contribution < 1.29 is 4.74 Å². The molecule has 74 valence electrons. The average molecular weight is 183 g/mol. The third kappa shape index (κ3) is 2.52. The van der Waals surface area contributed by atoms with Gasteiger partial charge in [0.15, 0.2) is 0 Å². The van der Waals surface area contributed by atoms with Crippen LogP contribution < -0.4 is 0 Å². The molecule has 4 heteroatoms. The van der Waals surface area contributed by atoms with Crippen LogP contribution in [0.5, 0.6) is 0 Å². The summed E-state index contributed by atoms with van der Waals surface area (Å²) in [4.78, 5) is 10.3. The van der Waals surface area contributed by atoms with Crippen LogP contribution in [0.1, 0.15) is 13.8 Å². The minimum absolute atomic E-state index is 0.351. The summed E-state index contributed by atoms with van der Waals surface area (Å²) in [7, 11) is 0. The van der Waals surface area contributed by atoms with Gasteiger partial charge in [0.1, 0.15) is 0 Å². The van der Waals surface area contributed by atoms with E-state index in [4.69, 9.17) is 4.74 Å². The Balaban J connectivity index is 2.65. The topological polar surface area (TPSA) is 37.2 Å². The number of hydrogen-bond donors (Lipinski definition) is 0. The third-order valence-electron chi connectivity index (χ3n) is 2.07. The first kappa shape index (κ1) is 10.2. The molecule has 1 heterocycles. The van der Waals surface area contributed by atoms with Crippen molar-refractivity contribution >= 4 is 12.7 Å². The molecule has 1 aliphatic heterocycles. The highest BCUT2D eigenvalue weighted by molar-refractivity contribution is 5.84. The van der Waals surface area contributed by atoms with Crippen molar-refractivity contribution in [3.05, 3.63) is 0 Å². The fraction of sp³-hybridized carbons (Fsp3) is 0.778. The zero-order valence-electron chi connectivity index (χ0n) is 8.36. The first-order valence-electron chi connectivity index (χ1n) is 4.65. The van der Waals surface area contributed by atoms with Crippen molar-refractivity contribution in [1.82, 2.24) is 4.90 Å². The molecule has 1 rings (SSSR count). The second-order valence-electron chi connectivity index (χ2n) is 3.05. The summed E-state index contributed by atoms with van der Waals surface area (Å²) >= 11 is 0. The lowest BCUT2D eigenvalue weighted by Gasteiger charge is -2.33. The monoisotopic (exact) mass is 183 g/mol. The number of morpholine rings is 1. The van der Waals surface area contributed by atoms with E-state index < -0.39 is 0 Å². The van der Waals surface area contributed by atoms with Gasteiger partial charge in [-0.1, -0.05) is 0 Å². The van der Waals surface area contributed by atoms with E-state index in [-0.39, 0.29) is 0 Å². The van der Waals surface area contributed by atoms with Gasteiger partial charge in [0.25, 0.3) is 0 Å². The quantitative estimate of drug-likeness (QED) is 0.445. The van der Waals surface area contributed by atoms with Gasteiger partial charge >= 0.3 is 0 Å². The standard InChI is InChI=1S/C9H17N3O/c1-4-11-9(10-3)12-5-6-13-7-8(12)2/h8H,3-7H2,1-2H3/b11-9+/t8-/m1/s1. The number of aliphatic imine (C=N–C) groups is 2. The van der Waals surface area contributed by atoms with E-state index in [2.05, 4.69) is 28.5 Å². The van der Waals surface area contributed by atoms with Gasteiger partial charge < -0.3 is 9.64 Å². The third-order valence-corrected chi connectivity index (χ3v) is 2.07. The molecule has 0 bridgehead atoms. The largest absolute Gasteiger partial charge is 0.377 e. The molecule has 1 atom stereocenters. The molecule has 0 aromatic rings. The van der Waals surface area contributed by atoms with E-state index in [9.17, 15) is 0 Å². The second-order valence-corrected chi connectivity index (χ2v) is 3.05. The molecule has 1 aliphatic rings. The van der Waals surface area contributed by atoms with E-state index in [1.165, 1.54) is 0 Å². The van der Waals surface area contributed by atoms with Crippen LogP contribution in [0.3, 0.4) is 0 Å². The maximum Gasteiger partial charge on any atom is 0.220 e. The van der Waals surface area contributed by atoms with Crippen LogP contribution in [0.4, 0.5) is 0 Å². The zero-order chi connectivity index (χ0) is 9.68. The molecule has 0 N–H and O–H groups in total. The van der Waals surface area contributed by atoms with Gasteiger partial charge in [0, 0.05) is 13.1 Å². The van der Waals surface area contributed by atoms with Crippen molar-refractivity contribution in [2.75, 3.05) is 26.3 Å². The Bertz CT molecular complexity index is 203. The predicted octanol–water partition coefficient (Wildman–Crippen LogP) is 0.784. The number of ether oxygens (including phenoxy) is 1. The van der Waals surface area contributed by atoms with Gasteiger partial charge in [-0.25, -0.2) is 4.99 Å². The smallest absolute Gasteiger partial charge is 0.220 e. The molecule has 0 saturated carbocycles. The second kappa shape index (κ2) is 4.97. The zero-order valence-corrected chi connectivity index (χ0v) is 8.36. The summed E-state index contributed by atoms with van der Waals surface area (Å²) in [5.74, 6) is 0.748. The van der Waals surface area contributed by atoms with Gasteiger partial charge in [-0.15, -0.1) is 0 Å². The van der Waals surface area contributed by atoms with E-state index in [0.717, 1.165) is 32.3 Å². The fourth-order valence-electron chi connectivity index (χ4n) is 1.40. The summed E-state index contributed by atoms with van der Waals surface area (Å²) in [6.07, 6.45) is 0. The molecule has 0 aliphatic carbocycles. The van der Waals surface area contributed by atoms with Gasteiger partial charge in [-0.05, 0) is 20.6 Å². The van der Waals surface area contributed by atoms with Crippen molar-refractivity contribution in [3.63, 3.8) is 0 Å². The van der Waals surface area contributed by atoms with Crippen molar-refractivity contribution in [2.45, 2.75) is 19.9 Å². The fourth-order valence-corrected chi connectivity index (χ4v) is 1.40. The molecule has 1 fully saturated rings. The molecule has 13 heavy (non-hydrogen) atoms. The Hall–Kier alpha value is -0.900. The van der Waals surface area contributed by atoms with Crippen LogP contribution in [0.25, 0.3) is 0 Å². The van der Waals surface area contributed by atoms with Crippen molar-refractivity contribution in [2.24, 2.45) is 9.98 Å². The molecule has 0 aromatic carbocycles. The van der Waals surface area contributed by atoms with Crippen LogP contribution in [0.15, 0.2) is 9.98 Å². The highest BCUT2D eigenvalue weighted by atomic mass is 16.5. The molecule has 0 radical (unpaired) electrons. The van der Waals surface area contributed by atoms with Gasteiger partial charge in [0.2, 0.25) is 5.96 Å². The number of rotatable bonds is 1. The van der Waals surface area contributed by atoms with Gasteiger partial charge in [-0.3, -0.25) is 4.99 Å². The van der Waals surface area contributed by atoms with Crippen LogP contribution in [-0.2, 0) is 4.74 Å². The summed E-state index contributed by atoms with van der Waals surface area (Å²) in [6.45, 7) is 10.7. The summed E-state index contributed by atoms with van der Waals surface area (Å²) in [6, 6.07) is 0.351. The van der Waals surface area contributed by atoms with Crippen LogP contribution in [0.2, 0.25) is 0 Å². The molecule has 1 saturated heterocycles. The maximum absolute atomic E-state index is 5.33. The molecule has 4 nitrogen and oxygen atoms in total. The summed E-state index contributed by atoms with van der Waals surface area (Å²) in [5.41, 5.74) is 0. The van der Waals surface area contributed by atoms with Gasteiger partial charge in [0.05, 0.1) is 19.3 Å². The normalized spacial score (nSPS) is 24.6. The van der Waals surface area contributed by atoms with E-state index in [1.54, 1.807) is 0 Å². The lowest BCUT2D eigenvalue weighted by atomic mass is 10.3. The molecular formula is C9H17N3O. The van der Waals surface area contributed by atoms with Gasteiger partial charge in [-0.2, -0.15) is 0 Å².